The number of carbonyl (C=O) groups excluding carboxylic acids is 4. The second-order valence-corrected chi connectivity index (χ2v) is 8.23. The van der Waals surface area contributed by atoms with Gasteiger partial charge in [0, 0.05) is 13.0 Å². The highest BCUT2D eigenvalue weighted by molar-refractivity contribution is 7.91. The summed E-state index contributed by atoms with van der Waals surface area (Å²) in [6.07, 6.45) is 0.101. The van der Waals surface area contributed by atoms with Gasteiger partial charge in [-0.15, -0.1) is 0 Å². The quantitative estimate of drug-likeness (QED) is 0.274. The highest BCUT2D eigenvalue weighted by Crippen LogP contribution is 2.32. The van der Waals surface area contributed by atoms with Crippen molar-refractivity contribution in [1.82, 2.24) is 10.2 Å². The maximum Gasteiger partial charge on any atom is 0.267 e. The first-order chi connectivity index (χ1) is 14.5. The first-order valence-electron chi connectivity index (χ1n) is 9.54. The number of nitrogens with zero attached hydrogens (tertiary/aromatic N) is 1. The molecule has 1 fully saturated rings. The monoisotopic (exact) mass is 437 g/mol. The Morgan fingerprint density at radius 3 is 2.53 bits per heavy atom. The van der Waals surface area contributed by atoms with Crippen molar-refractivity contribution in [2.75, 3.05) is 38.7 Å². The van der Waals surface area contributed by atoms with E-state index in [4.69, 9.17) is 15.2 Å². The Hall–Kier alpha value is -2.31. The zero-order valence-corrected chi connectivity index (χ0v) is 17.1. The third-order valence-corrected chi connectivity index (χ3v) is 6.09. The molecule has 2 atom stereocenters. The minimum absolute atomic E-state index is 0.0366. The van der Waals surface area contributed by atoms with Crippen LogP contribution in [0.5, 0.6) is 0 Å². The van der Waals surface area contributed by atoms with Crippen LogP contribution in [-0.2, 0) is 30.2 Å². The molecule has 10 nitrogen and oxygen atoms in total. The molecule has 3 rings (SSSR count). The number of ether oxygens (including phenoxy) is 2. The summed E-state index contributed by atoms with van der Waals surface area (Å²) in [6.45, 7) is 1.74. The van der Waals surface area contributed by atoms with E-state index in [2.05, 4.69) is 5.32 Å². The predicted molar refractivity (Wildman–Crippen MR) is 105 cm³/mol. The first kappa shape index (κ1) is 22.4. The van der Waals surface area contributed by atoms with Gasteiger partial charge in [-0.05, 0) is 29.7 Å². The maximum absolute atomic E-state index is 13.0. The van der Waals surface area contributed by atoms with Gasteiger partial charge in [0.1, 0.15) is 17.4 Å². The van der Waals surface area contributed by atoms with Crippen LogP contribution in [0.15, 0.2) is 23.1 Å². The molecule has 1 aromatic carbocycles. The number of hydrogen-bond acceptors (Lipinski definition) is 8. The maximum atomic E-state index is 13.0. The number of fused-ring (bicyclic) bond motifs is 1. The van der Waals surface area contributed by atoms with E-state index in [0.29, 0.717) is 26.4 Å². The van der Waals surface area contributed by atoms with Crippen LogP contribution in [0.2, 0.25) is 0 Å². The van der Waals surface area contributed by atoms with E-state index in [1.165, 1.54) is 12.1 Å². The molecule has 1 saturated heterocycles. The first-order valence-corrected chi connectivity index (χ1v) is 10.9. The second-order valence-electron chi connectivity index (χ2n) is 6.69. The van der Waals surface area contributed by atoms with Crippen molar-refractivity contribution in [2.45, 2.75) is 23.8 Å². The molecular weight excluding hydrogens is 414 g/mol. The number of nitrogens with two attached hydrogens (primary N) is 1. The van der Waals surface area contributed by atoms with Crippen LogP contribution in [0.3, 0.4) is 0 Å². The summed E-state index contributed by atoms with van der Waals surface area (Å²) in [5.74, 6) is -2.30. The van der Waals surface area contributed by atoms with E-state index in [1.807, 2.05) is 0 Å². The van der Waals surface area contributed by atoms with Gasteiger partial charge in [0.2, 0.25) is 11.8 Å². The summed E-state index contributed by atoms with van der Waals surface area (Å²) >= 11 is -1.58. The molecule has 0 saturated carbocycles. The Labute approximate surface area is 176 Å². The van der Waals surface area contributed by atoms with E-state index in [9.17, 15) is 23.7 Å². The Balaban J connectivity index is 1.67. The topological polar surface area (TPSA) is 151 Å². The van der Waals surface area contributed by atoms with Gasteiger partial charge in [0.25, 0.3) is 11.8 Å². The average molecular weight is 437 g/mol. The lowest BCUT2D eigenvalue weighted by molar-refractivity contribution is -0.136. The largest absolute Gasteiger partial charge is 0.611 e. The van der Waals surface area contributed by atoms with Crippen molar-refractivity contribution < 1.29 is 33.2 Å². The molecule has 30 heavy (non-hydrogen) atoms. The van der Waals surface area contributed by atoms with E-state index >= 15 is 0 Å². The zero-order valence-electron chi connectivity index (χ0n) is 16.3. The fourth-order valence-electron chi connectivity index (χ4n) is 3.32. The Morgan fingerprint density at radius 2 is 1.83 bits per heavy atom. The SMILES string of the molecule is NCCOCCOCC[S+]([O-])c1cccc2c1C(=O)N(C1CCC(=O)NC1=O)C2=O. The molecule has 0 aromatic heterocycles. The average Bonchev–Trinajstić information content (AvgIpc) is 2.98. The molecule has 2 heterocycles. The molecule has 2 unspecified atom stereocenters. The van der Waals surface area contributed by atoms with Gasteiger partial charge in [0.15, 0.2) is 4.90 Å². The minimum Gasteiger partial charge on any atom is -0.611 e. The van der Waals surface area contributed by atoms with Crippen molar-refractivity contribution in [3.63, 3.8) is 0 Å². The van der Waals surface area contributed by atoms with Gasteiger partial charge in [-0.2, -0.15) is 0 Å². The van der Waals surface area contributed by atoms with Crippen molar-refractivity contribution in [1.29, 1.82) is 0 Å². The second kappa shape index (κ2) is 10.1. The number of hydrogen-bond donors (Lipinski definition) is 2. The highest BCUT2D eigenvalue weighted by Gasteiger charge is 2.47. The lowest BCUT2D eigenvalue weighted by Gasteiger charge is -2.27. The van der Waals surface area contributed by atoms with Gasteiger partial charge in [-0.25, -0.2) is 0 Å². The molecule has 4 amide bonds. The van der Waals surface area contributed by atoms with Crippen LogP contribution in [0.4, 0.5) is 0 Å². The van der Waals surface area contributed by atoms with Gasteiger partial charge in [-0.1, -0.05) is 6.07 Å². The lowest BCUT2D eigenvalue weighted by Crippen LogP contribution is -2.54. The van der Waals surface area contributed by atoms with Crippen LogP contribution >= 0.6 is 0 Å². The van der Waals surface area contributed by atoms with E-state index in [1.54, 1.807) is 6.07 Å². The van der Waals surface area contributed by atoms with E-state index in [-0.39, 0.29) is 41.2 Å². The molecular formula is C19H23N3O7S. The number of carbonyl (C=O) groups is 4. The van der Waals surface area contributed by atoms with Crippen LogP contribution in [0.1, 0.15) is 33.6 Å². The molecule has 11 heteroatoms. The van der Waals surface area contributed by atoms with Gasteiger partial charge in [0.05, 0.1) is 32.0 Å². The molecule has 1 aromatic rings. The number of nitrogens with one attached hydrogen (secondary N) is 1. The van der Waals surface area contributed by atoms with E-state index in [0.717, 1.165) is 4.90 Å². The number of piperidine rings is 1. The zero-order chi connectivity index (χ0) is 21.7. The number of imide groups is 2. The van der Waals surface area contributed by atoms with Crippen LogP contribution in [0.25, 0.3) is 0 Å². The standard InChI is InChI=1S/C19H23N3O7S/c20-6-7-28-8-9-29-10-11-30(27)14-3-1-2-12-16(14)19(26)22(18(12)25)13-4-5-15(23)21-17(13)24/h1-3,13H,4-11,20H2,(H,21,23,24). The number of amides is 4. The lowest BCUT2D eigenvalue weighted by atomic mass is 10.0. The summed E-state index contributed by atoms with van der Waals surface area (Å²) in [5, 5.41) is 2.15. The molecule has 0 radical (unpaired) electrons. The molecule has 0 aliphatic carbocycles. The third kappa shape index (κ3) is 4.71. The predicted octanol–water partition coefficient (Wildman–Crippen LogP) is -0.813. The molecule has 2 aliphatic rings. The van der Waals surface area contributed by atoms with Crippen molar-refractivity contribution >= 4 is 34.8 Å². The normalized spacial score (nSPS) is 19.8. The van der Waals surface area contributed by atoms with Crippen molar-refractivity contribution in [3.8, 4) is 0 Å². The van der Waals surface area contributed by atoms with Crippen molar-refractivity contribution in [2.24, 2.45) is 5.73 Å². The molecule has 0 bridgehead atoms. The minimum atomic E-state index is -1.58. The summed E-state index contributed by atoms with van der Waals surface area (Å²) in [4.78, 5) is 50.4. The summed E-state index contributed by atoms with van der Waals surface area (Å²) in [6, 6.07) is 3.48. The summed E-state index contributed by atoms with van der Waals surface area (Å²) in [7, 11) is 0. The Bertz CT molecular complexity index is 847. The third-order valence-electron chi connectivity index (χ3n) is 4.72. The molecule has 0 spiro atoms. The molecule has 2 aliphatic heterocycles. The molecule has 162 valence electrons. The van der Waals surface area contributed by atoms with Gasteiger partial charge in [-0.3, -0.25) is 29.4 Å². The van der Waals surface area contributed by atoms with Crippen molar-refractivity contribution in [3.05, 3.63) is 29.3 Å². The number of benzene rings is 1. The fraction of sp³-hybridized carbons (Fsp3) is 0.474. The fourth-order valence-corrected chi connectivity index (χ4v) is 4.47. The van der Waals surface area contributed by atoms with Crippen LogP contribution in [0, 0.1) is 0 Å². The number of rotatable bonds is 10. The highest BCUT2D eigenvalue weighted by atomic mass is 32.2. The smallest absolute Gasteiger partial charge is 0.267 e. The Kier molecular flexibility index (Phi) is 7.56. The van der Waals surface area contributed by atoms with Crippen LogP contribution < -0.4 is 11.1 Å². The molecule has 3 N–H and O–H groups in total. The summed E-state index contributed by atoms with van der Waals surface area (Å²) in [5.41, 5.74) is 5.45. The Morgan fingerprint density at radius 1 is 1.10 bits per heavy atom. The summed E-state index contributed by atoms with van der Waals surface area (Å²) < 4.78 is 23.3. The van der Waals surface area contributed by atoms with E-state index < -0.39 is 40.8 Å². The van der Waals surface area contributed by atoms with Gasteiger partial charge < -0.3 is 19.8 Å². The van der Waals surface area contributed by atoms with Gasteiger partial charge >= 0.3 is 0 Å². The van der Waals surface area contributed by atoms with Crippen LogP contribution in [-0.4, -0.2) is 77.8 Å².